The SMILES string of the molecule is CC(C)(C(=O)F)N1CCOCC1. The Kier molecular flexibility index (Phi) is 2.80. The maximum absolute atomic E-state index is 12.5. The smallest absolute Gasteiger partial charge is 0.321 e. The Morgan fingerprint density at radius 3 is 2.33 bits per heavy atom. The largest absolute Gasteiger partial charge is 0.379 e. The molecule has 0 aromatic rings. The Morgan fingerprint density at radius 2 is 1.92 bits per heavy atom. The van der Waals surface area contributed by atoms with Crippen LogP contribution in [0.2, 0.25) is 0 Å². The van der Waals surface area contributed by atoms with Gasteiger partial charge in [0.2, 0.25) is 0 Å². The summed E-state index contributed by atoms with van der Waals surface area (Å²) in [6, 6.07) is -1.27. The predicted octanol–water partition coefficient (Wildman–Crippen LogP) is 0.593. The van der Waals surface area contributed by atoms with Gasteiger partial charge in [0.15, 0.2) is 0 Å². The van der Waals surface area contributed by atoms with E-state index in [1.165, 1.54) is 0 Å². The number of ether oxygens (including phenoxy) is 1. The van der Waals surface area contributed by atoms with Gasteiger partial charge in [-0.15, -0.1) is 0 Å². The predicted molar refractivity (Wildman–Crippen MR) is 42.6 cm³/mol. The van der Waals surface area contributed by atoms with Gasteiger partial charge in [0, 0.05) is 13.1 Å². The number of rotatable bonds is 2. The molecular weight excluding hydrogens is 161 g/mol. The summed E-state index contributed by atoms with van der Waals surface area (Å²) >= 11 is 0. The van der Waals surface area contributed by atoms with E-state index in [4.69, 9.17) is 4.74 Å². The van der Waals surface area contributed by atoms with E-state index in [1.54, 1.807) is 18.7 Å². The van der Waals surface area contributed by atoms with Crippen LogP contribution in [0.3, 0.4) is 0 Å². The molecule has 3 nitrogen and oxygen atoms in total. The Bertz CT molecular complexity index is 176. The number of morpholine rings is 1. The second-order valence-electron chi connectivity index (χ2n) is 3.43. The first-order valence-electron chi connectivity index (χ1n) is 4.08. The van der Waals surface area contributed by atoms with E-state index in [9.17, 15) is 9.18 Å². The van der Waals surface area contributed by atoms with Gasteiger partial charge in [0.25, 0.3) is 0 Å². The molecule has 0 aliphatic carbocycles. The minimum Gasteiger partial charge on any atom is -0.379 e. The molecule has 1 fully saturated rings. The fourth-order valence-corrected chi connectivity index (χ4v) is 1.25. The van der Waals surface area contributed by atoms with Crippen molar-refractivity contribution in [2.75, 3.05) is 26.3 Å². The van der Waals surface area contributed by atoms with E-state index in [2.05, 4.69) is 0 Å². The summed E-state index contributed by atoms with van der Waals surface area (Å²) in [5.41, 5.74) is -0.982. The summed E-state index contributed by atoms with van der Waals surface area (Å²) in [5, 5.41) is 0. The lowest BCUT2D eigenvalue weighted by Crippen LogP contribution is -2.53. The molecule has 0 aromatic carbocycles. The molecule has 0 radical (unpaired) electrons. The van der Waals surface area contributed by atoms with Gasteiger partial charge in [-0.2, -0.15) is 4.39 Å². The average molecular weight is 175 g/mol. The Labute approximate surface area is 71.5 Å². The summed E-state index contributed by atoms with van der Waals surface area (Å²) in [7, 11) is 0. The lowest BCUT2D eigenvalue weighted by atomic mass is 10.0. The third-order valence-electron chi connectivity index (χ3n) is 2.28. The molecular formula is C8H14FNO2. The molecule has 1 rings (SSSR count). The van der Waals surface area contributed by atoms with Crippen molar-refractivity contribution in [2.24, 2.45) is 0 Å². The van der Waals surface area contributed by atoms with Gasteiger partial charge in [0.1, 0.15) is 5.54 Å². The van der Waals surface area contributed by atoms with Crippen molar-refractivity contribution in [1.29, 1.82) is 0 Å². The molecule has 0 saturated carbocycles. The fraction of sp³-hybridized carbons (Fsp3) is 0.875. The number of halogens is 1. The molecule has 1 heterocycles. The van der Waals surface area contributed by atoms with Gasteiger partial charge in [-0.3, -0.25) is 9.69 Å². The van der Waals surface area contributed by atoms with E-state index in [0.717, 1.165) is 0 Å². The van der Waals surface area contributed by atoms with Crippen molar-refractivity contribution in [2.45, 2.75) is 19.4 Å². The van der Waals surface area contributed by atoms with Crippen LogP contribution in [-0.4, -0.2) is 42.8 Å². The van der Waals surface area contributed by atoms with E-state index >= 15 is 0 Å². The molecule has 0 amide bonds. The third kappa shape index (κ3) is 1.81. The Balaban J connectivity index is 2.59. The first-order valence-corrected chi connectivity index (χ1v) is 4.08. The highest BCUT2D eigenvalue weighted by Crippen LogP contribution is 2.17. The second-order valence-corrected chi connectivity index (χ2v) is 3.43. The maximum atomic E-state index is 12.5. The van der Waals surface area contributed by atoms with Crippen LogP contribution in [-0.2, 0) is 9.53 Å². The summed E-state index contributed by atoms with van der Waals surface area (Å²) in [5.74, 6) is 0. The third-order valence-corrected chi connectivity index (χ3v) is 2.28. The van der Waals surface area contributed by atoms with Crippen LogP contribution in [0.15, 0.2) is 0 Å². The first kappa shape index (κ1) is 9.61. The number of hydrogen-bond donors (Lipinski definition) is 0. The number of nitrogens with zero attached hydrogens (tertiary/aromatic N) is 1. The molecule has 4 heteroatoms. The lowest BCUT2D eigenvalue weighted by molar-refractivity contribution is -0.143. The van der Waals surface area contributed by atoms with E-state index in [1.807, 2.05) is 0 Å². The topological polar surface area (TPSA) is 29.5 Å². The van der Waals surface area contributed by atoms with Gasteiger partial charge in [-0.1, -0.05) is 0 Å². The Hall–Kier alpha value is -0.480. The highest BCUT2D eigenvalue weighted by molar-refractivity contribution is 5.78. The summed E-state index contributed by atoms with van der Waals surface area (Å²) in [4.78, 5) is 12.4. The fourth-order valence-electron chi connectivity index (χ4n) is 1.25. The molecule has 0 aromatic heterocycles. The zero-order valence-electron chi connectivity index (χ0n) is 7.47. The monoisotopic (exact) mass is 175 g/mol. The van der Waals surface area contributed by atoms with Crippen molar-refractivity contribution in [1.82, 2.24) is 4.90 Å². The average Bonchev–Trinajstić information content (AvgIpc) is 2.06. The molecule has 1 aliphatic rings. The molecule has 70 valence electrons. The normalized spacial score (nSPS) is 20.9. The molecule has 0 atom stereocenters. The summed E-state index contributed by atoms with van der Waals surface area (Å²) < 4.78 is 17.6. The maximum Gasteiger partial charge on any atom is 0.321 e. The van der Waals surface area contributed by atoms with Crippen LogP contribution in [0.5, 0.6) is 0 Å². The number of hydrogen-bond acceptors (Lipinski definition) is 3. The quantitative estimate of drug-likeness (QED) is 0.575. The van der Waals surface area contributed by atoms with Crippen LogP contribution in [0.25, 0.3) is 0 Å². The molecule has 12 heavy (non-hydrogen) atoms. The number of carbonyl (C=O) groups is 1. The Morgan fingerprint density at radius 1 is 1.42 bits per heavy atom. The first-order chi connectivity index (χ1) is 5.55. The zero-order chi connectivity index (χ0) is 9.19. The second kappa shape index (κ2) is 3.49. The standard InChI is InChI=1S/C8H14FNO2/c1-8(2,7(9)11)10-3-5-12-6-4-10/h3-6H2,1-2H3. The van der Waals surface area contributed by atoms with E-state index in [-0.39, 0.29) is 0 Å². The van der Waals surface area contributed by atoms with Crippen molar-refractivity contribution in [3.63, 3.8) is 0 Å². The zero-order valence-corrected chi connectivity index (χ0v) is 7.47. The van der Waals surface area contributed by atoms with Crippen molar-refractivity contribution >= 4 is 6.04 Å². The highest BCUT2D eigenvalue weighted by Gasteiger charge is 2.35. The van der Waals surface area contributed by atoms with E-state index < -0.39 is 11.6 Å². The lowest BCUT2D eigenvalue weighted by Gasteiger charge is -2.37. The van der Waals surface area contributed by atoms with Gasteiger partial charge < -0.3 is 4.74 Å². The number of carbonyl (C=O) groups excluding carboxylic acids is 1. The van der Waals surface area contributed by atoms with Crippen molar-refractivity contribution < 1.29 is 13.9 Å². The van der Waals surface area contributed by atoms with Crippen molar-refractivity contribution in [3.05, 3.63) is 0 Å². The van der Waals surface area contributed by atoms with Crippen LogP contribution in [0.4, 0.5) is 4.39 Å². The molecule has 0 bridgehead atoms. The molecule has 0 N–H and O–H groups in total. The van der Waals surface area contributed by atoms with Gasteiger partial charge in [0.05, 0.1) is 13.2 Å². The summed E-state index contributed by atoms with van der Waals surface area (Å²) in [6.07, 6.45) is 0. The van der Waals surface area contributed by atoms with Gasteiger partial charge >= 0.3 is 6.04 Å². The highest BCUT2D eigenvalue weighted by atomic mass is 19.1. The summed E-state index contributed by atoms with van der Waals surface area (Å²) in [6.45, 7) is 5.61. The van der Waals surface area contributed by atoms with Gasteiger partial charge in [-0.25, -0.2) is 0 Å². The molecule has 0 spiro atoms. The van der Waals surface area contributed by atoms with Gasteiger partial charge in [-0.05, 0) is 13.8 Å². The minimum absolute atomic E-state index is 0.580. The van der Waals surface area contributed by atoms with Crippen molar-refractivity contribution in [3.8, 4) is 0 Å². The molecule has 1 saturated heterocycles. The molecule has 0 unspecified atom stereocenters. The van der Waals surface area contributed by atoms with Crippen LogP contribution in [0, 0.1) is 0 Å². The van der Waals surface area contributed by atoms with Crippen LogP contribution >= 0.6 is 0 Å². The van der Waals surface area contributed by atoms with Crippen LogP contribution in [0.1, 0.15) is 13.8 Å². The van der Waals surface area contributed by atoms with Crippen LogP contribution < -0.4 is 0 Å². The van der Waals surface area contributed by atoms with E-state index in [0.29, 0.717) is 26.3 Å². The molecule has 1 aliphatic heterocycles. The minimum atomic E-state index is -1.27.